The monoisotopic (exact) mass is 858 g/mol. The average molecular weight is 859 g/mol. The molecule has 0 saturated carbocycles. The van der Waals surface area contributed by atoms with Crippen LogP contribution in [-0.4, -0.2) is 200 Å². The number of carbonyl (C=O) groups is 5. The number of nitrogens with one attached hydrogen (secondary N) is 3. The molecule has 57 heavy (non-hydrogen) atoms. The number of aliphatic hydroxyl groups is 6. The van der Waals surface area contributed by atoms with Gasteiger partial charge in [-0.2, -0.15) is 0 Å². The molecule has 1 aromatic heterocycles. The van der Waals surface area contributed by atoms with Crippen LogP contribution in [0.1, 0.15) is 56.8 Å². The van der Waals surface area contributed by atoms with E-state index in [1.165, 1.54) is 0 Å². The Morgan fingerprint density at radius 3 is 1.53 bits per heavy atom. The Bertz CT molecular complexity index is 1300. The molecular formula is C36H65MnN7O13. The molecular weight excluding hydrogens is 793 g/mol. The van der Waals surface area contributed by atoms with E-state index in [2.05, 4.69) is 25.8 Å². The number of carboxylic acid groups (broad SMARTS) is 2. The minimum absolute atomic E-state index is 0. The molecule has 0 saturated heterocycles. The van der Waals surface area contributed by atoms with Crippen LogP contribution in [0.4, 0.5) is 0 Å². The van der Waals surface area contributed by atoms with Crippen LogP contribution in [0, 0.1) is 6.92 Å². The van der Waals surface area contributed by atoms with Gasteiger partial charge in [0.1, 0.15) is 12.1 Å². The minimum Gasteiger partial charge on any atom is -0.480 e. The molecule has 5 unspecified atom stereocenters. The molecule has 3 amide bonds. The van der Waals surface area contributed by atoms with Crippen molar-refractivity contribution in [2.24, 2.45) is 0 Å². The third-order valence-corrected chi connectivity index (χ3v) is 8.61. The van der Waals surface area contributed by atoms with Crippen LogP contribution < -0.4 is 16.0 Å². The van der Waals surface area contributed by atoms with Crippen molar-refractivity contribution in [2.45, 2.75) is 89.3 Å². The van der Waals surface area contributed by atoms with Crippen LogP contribution in [0.3, 0.4) is 0 Å². The Kier molecular flexibility index (Phi) is 31.9. The van der Waals surface area contributed by atoms with Crippen molar-refractivity contribution >= 4 is 29.7 Å². The Labute approximate surface area is 345 Å². The molecule has 0 aliphatic rings. The molecule has 1 heterocycles. The number of amides is 3. The second-order valence-corrected chi connectivity index (χ2v) is 13.4. The van der Waals surface area contributed by atoms with Gasteiger partial charge in [0.2, 0.25) is 17.7 Å². The molecule has 0 fully saturated rings. The summed E-state index contributed by atoms with van der Waals surface area (Å²) in [4.78, 5) is 68.1. The normalized spacial score (nSPS) is 13.7. The van der Waals surface area contributed by atoms with Gasteiger partial charge in [0.05, 0.1) is 43.8 Å². The second kappa shape index (κ2) is 32.6. The van der Waals surface area contributed by atoms with Crippen LogP contribution in [0.25, 0.3) is 0 Å². The van der Waals surface area contributed by atoms with Gasteiger partial charge in [0, 0.05) is 81.3 Å². The number of likely N-dealkylation sites (N-methyl/N-ethyl adjacent to an activating group) is 3. The fraction of sp³-hybridized carbons (Fsp3) is 0.722. The molecule has 0 aliphatic heterocycles. The summed E-state index contributed by atoms with van der Waals surface area (Å²) in [6, 6.07) is 3.89. The van der Waals surface area contributed by atoms with Crippen molar-refractivity contribution in [1.82, 2.24) is 35.6 Å². The molecule has 1 aromatic rings. The molecule has 11 N–H and O–H groups in total. The number of aromatic nitrogens is 1. The Morgan fingerprint density at radius 2 is 1.12 bits per heavy atom. The Hall–Kier alpha value is -3.34. The third-order valence-electron chi connectivity index (χ3n) is 8.61. The molecule has 0 aliphatic carbocycles. The van der Waals surface area contributed by atoms with Gasteiger partial charge in [-0.15, -0.1) is 0 Å². The van der Waals surface area contributed by atoms with E-state index in [4.69, 9.17) is 15.3 Å². The summed E-state index contributed by atoms with van der Waals surface area (Å²) in [6.45, 7) is 5.17. The molecule has 1 radical (unpaired) electrons. The zero-order valence-corrected chi connectivity index (χ0v) is 34.6. The topological polar surface area (TPSA) is 306 Å². The van der Waals surface area contributed by atoms with Gasteiger partial charge in [-0.1, -0.05) is 13.0 Å². The maximum atomic E-state index is 11.8. The van der Waals surface area contributed by atoms with E-state index in [0.29, 0.717) is 32.6 Å². The molecule has 1 rings (SSSR count). The van der Waals surface area contributed by atoms with Gasteiger partial charge >= 0.3 is 11.9 Å². The van der Waals surface area contributed by atoms with Gasteiger partial charge in [0.25, 0.3) is 0 Å². The Morgan fingerprint density at radius 1 is 0.684 bits per heavy atom. The number of nitrogens with zero attached hydrogens (tertiary/aromatic N) is 4. The van der Waals surface area contributed by atoms with E-state index < -0.39 is 68.1 Å². The largest absolute Gasteiger partial charge is 0.480 e. The second-order valence-electron chi connectivity index (χ2n) is 13.4. The predicted molar refractivity (Wildman–Crippen MR) is 204 cm³/mol. The molecule has 329 valence electrons. The summed E-state index contributed by atoms with van der Waals surface area (Å²) in [7, 11) is 3.36. The van der Waals surface area contributed by atoms with E-state index in [9.17, 15) is 49.5 Å². The van der Waals surface area contributed by atoms with Crippen molar-refractivity contribution in [1.29, 1.82) is 0 Å². The molecule has 0 bridgehead atoms. The fourth-order valence-electron chi connectivity index (χ4n) is 5.15. The van der Waals surface area contributed by atoms with Crippen LogP contribution in [0.5, 0.6) is 0 Å². The van der Waals surface area contributed by atoms with E-state index in [-0.39, 0.29) is 80.6 Å². The van der Waals surface area contributed by atoms with E-state index in [1.807, 2.05) is 32.0 Å². The van der Waals surface area contributed by atoms with Gasteiger partial charge in [-0.3, -0.25) is 38.8 Å². The predicted octanol–water partition coefficient (Wildman–Crippen LogP) is -3.29. The van der Waals surface area contributed by atoms with Crippen LogP contribution in [0.2, 0.25) is 0 Å². The third kappa shape index (κ3) is 27.1. The standard InChI is InChI=1S/C20H40N4O8.C16H25N3O5.Mn/c1-3-24(8-4-5-18(29)21-11-15(27)13-25)10-9-23(2)17(20(31)32)6-7-19(30)22-12-16(28)14-26;1-11-4-3-5-12(18-11)9-19(2)14(16(23)24)6-7-15(22)17-8-13(21)10-20;/h15-17,25-28H,3-14H2,1-2H3,(H,21,29)(H,22,30)(H,31,32);3-5,13-14,20-21H,6-10H2,1-2H3,(H,17,22)(H,23,24);. The summed E-state index contributed by atoms with van der Waals surface area (Å²) >= 11 is 0. The number of carbonyl (C=O) groups excluding carboxylic acids is 3. The van der Waals surface area contributed by atoms with Gasteiger partial charge < -0.3 is 61.7 Å². The molecule has 20 nitrogen and oxygen atoms in total. The van der Waals surface area contributed by atoms with Crippen molar-refractivity contribution in [3.63, 3.8) is 0 Å². The van der Waals surface area contributed by atoms with Gasteiger partial charge in [0.15, 0.2) is 0 Å². The molecule has 5 atom stereocenters. The number of hydrogen-bond donors (Lipinski definition) is 11. The fourth-order valence-corrected chi connectivity index (χ4v) is 5.15. The zero-order chi connectivity index (χ0) is 42.6. The number of pyridine rings is 1. The van der Waals surface area contributed by atoms with Gasteiger partial charge in [-0.05, 0) is 65.5 Å². The quantitative estimate of drug-likeness (QED) is 0.0352. The van der Waals surface area contributed by atoms with E-state index in [0.717, 1.165) is 17.9 Å². The summed E-state index contributed by atoms with van der Waals surface area (Å²) in [6.07, 6.45) is -1.91. The molecule has 0 spiro atoms. The minimum atomic E-state index is -1.05. The van der Waals surface area contributed by atoms with Crippen molar-refractivity contribution in [3.05, 3.63) is 29.6 Å². The van der Waals surface area contributed by atoms with Gasteiger partial charge in [-0.25, -0.2) is 0 Å². The summed E-state index contributed by atoms with van der Waals surface area (Å²) in [5, 5.41) is 80.1. The van der Waals surface area contributed by atoms with Crippen molar-refractivity contribution < 1.29 is 81.9 Å². The number of rotatable bonds is 29. The first-order chi connectivity index (χ1) is 26.5. The van der Waals surface area contributed by atoms with E-state index >= 15 is 0 Å². The first kappa shape index (κ1) is 55.8. The molecule has 21 heteroatoms. The number of aliphatic carboxylic acids is 2. The first-order valence-electron chi connectivity index (χ1n) is 18.6. The average Bonchev–Trinajstić information content (AvgIpc) is 3.16. The van der Waals surface area contributed by atoms with Crippen LogP contribution in [-0.2, 0) is 47.6 Å². The van der Waals surface area contributed by atoms with Crippen molar-refractivity contribution in [2.75, 3.05) is 79.7 Å². The zero-order valence-electron chi connectivity index (χ0n) is 33.4. The van der Waals surface area contributed by atoms with Crippen LogP contribution in [0.15, 0.2) is 18.2 Å². The SMILES string of the molecule is CCN(CCCC(=O)NCC(O)CO)CCN(C)C(CCC(=O)NCC(O)CO)C(=O)O.Cc1cccc(CN(C)C(CCC(=O)NCC(O)CO)C(=O)O)n1.[Mn]. The number of aliphatic hydroxyl groups excluding tert-OH is 6. The number of hydrogen-bond acceptors (Lipinski definition) is 15. The molecule has 0 aromatic carbocycles. The van der Waals surface area contributed by atoms with Crippen molar-refractivity contribution in [3.8, 4) is 0 Å². The maximum absolute atomic E-state index is 11.8. The smallest absolute Gasteiger partial charge is 0.320 e. The first-order valence-corrected chi connectivity index (χ1v) is 18.6. The van der Waals surface area contributed by atoms with Crippen LogP contribution >= 0.6 is 0 Å². The summed E-state index contributed by atoms with van der Waals surface area (Å²) in [5.74, 6) is -3.00. The maximum Gasteiger partial charge on any atom is 0.320 e. The number of carboxylic acids is 2. The van der Waals surface area contributed by atoms with E-state index in [1.54, 1.807) is 23.9 Å². The number of aryl methyl sites for hydroxylation is 1. The summed E-state index contributed by atoms with van der Waals surface area (Å²) in [5.41, 5.74) is 1.62. The Balaban J connectivity index is 0. The summed E-state index contributed by atoms with van der Waals surface area (Å²) < 4.78 is 0.